The van der Waals surface area contributed by atoms with E-state index in [1.807, 2.05) is 0 Å². The largest absolute Gasteiger partial charge is 0.417 e. The van der Waals surface area contributed by atoms with Gasteiger partial charge < -0.3 is 0 Å². The molecular formula is C18H9Cl3F6N4O3S. The number of hydrogen-bond acceptors (Lipinski definition) is 5. The molecule has 0 radical (unpaired) electrons. The molecule has 0 atom stereocenters. The molecule has 0 spiro atoms. The van der Waals surface area contributed by atoms with Crippen LogP contribution in [0.15, 0.2) is 35.2 Å². The van der Waals surface area contributed by atoms with E-state index in [9.17, 15) is 39.6 Å². The monoisotopic (exact) mass is 580 g/mol. The van der Waals surface area contributed by atoms with Crippen LogP contribution < -0.4 is 4.72 Å². The van der Waals surface area contributed by atoms with Gasteiger partial charge in [0.25, 0.3) is 15.9 Å². The van der Waals surface area contributed by atoms with Crippen LogP contribution in [0.4, 0.5) is 26.3 Å². The van der Waals surface area contributed by atoms with E-state index < -0.39 is 50.0 Å². The lowest BCUT2D eigenvalue weighted by atomic mass is 10.1. The second kappa shape index (κ2) is 9.15. The zero-order valence-electron chi connectivity index (χ0n) is 16.8. The van der Waals surface area contributed by atoms with Crippen LogP contribution in [-0.4, -0.2) is 29.3 Å². The maximum absolute atomic E-state index is 13.3. The average Bonchev–Trinajstić information content (AvgIpc) is 3.10. The Bertz CT molecular complexity index is 1440. The SMILES string of the molecule is Cc1c(C(=O)NS(=O)(=O)c2cc(C(F)(F)F)ccc2C(F)(F)F)nnn1-c1cc(Cl)c(Cl)cc1Cl. The molecule has 188 valence electrons. The van der Waals surface area contributed by atoms with E-state index in [4.69, 9.17) is 34.8 Å². The van der Waals surface area contributed by atoms with Crippen LogP contribution in [0, 0.1) is 6.92 Å². The first-order valence-corrected chi connectivity index (χ1v) is 11.5. The van der Waals surface area contributed by atoms with Crippen LogP contribution in [0.1, 0.15) is 27.3 Å². The number of hydrogen-bond donors (Lipinski definition) is 1. The minimum Gasteiger partial charge on any atom is -0.266 e. The number of halogens is 9. The van der Waals surface area contributed by atoms with Gasteiger partial charge in [0.05, 0.1) is 37.6 Å². The highest BCUT2D eigenvalue weighted by molar-refractivity contribution is 7.90. The first kappa shape index (κ1) is 27.0. The van der Waals surface area contributed by atoms with Crippen LogP contribution in [0.25, 0.3) is 5.69 Å². The smallest absolute Gasteiger partial charge is 0.266 e. The van der Waals surface area contributed by atoms with Crippen molar-refractivity contribution in [2.24, 2.45) is 0 Å². The summed E-state index contributed by atoms with van der Waals surface area (Å²) in [5, 5.41) is 7.26. The number of nitrogens with one attached hydrogen (secondary N) is 1. The van der Waals surface area contributed by atoms with Gasteiger partial charge in [-0.2, -0.15) is 26.3 Å². The molecule has 0 unspecified atom stereocenters. The Hall–Kier alpha value is -2.55. The van der Waals surface area contributed by atoms with Crippen molar-refractivity contribution in [3.63, 3.8) is 0 Å². The van der Waals surface area contributed by atoms with E-state index in [1.54, 1.807) is 0 Å². The summed E-state index contributed by atoms with van der Waals surface area (Å²) in [5.74, 6) is -1.56. The summed E-state index contributed by atoms with van der Waals surface area (Å²) in [7, 11) is -5.46. The highest BCUT2D eigenvalue weighted by atomic mass is 35.5. The molecule has 0 aliphatic carbocycles. The molecule has 0 aliphatic rings. The van der Waals surface area contributed by atoms with Gasteiger partial charge in [-0.25, -0.2) is 17.8 Å². The lowest BCUT2D eigenvalue weighted by molar-refractivity contribution is -0.143. The number of rotatable bonds is 4. The molecule has 3 rings (SSSR count). The normalized spacial score (nSPS) is 12.6. The van der Waals surface area contributed by atoms with Gasteiger partial charge in [0.1, 0.15) is 4.90 Å². The predicted molar refractivity (Wildman–Crippen MR) is 112 cm³/mol. The van der Waals surface area contributed by atoms with Crippen molar-refractivity contribution < 1.29 is 39.6 Å². The highest BCUT2D eigenvalue weighted by Crippen LogP contribution is 2.38. The number of aromatic nitrogens is 3. The maximum atomic E-state index is 13.3. The Kier molecular flexibility index (Phi) is 7.07. The lowest BCUT2D eigenvalue weighted by Gasteiger charge is -2.16. The summed E-state index contributed by atoms with van der Waals surface area (Å²) in [4.78, 5) is 10.8. The van der Waals surface area contributed by atoms with E-state index in [0.717, 1.165) is 4.68 Å². The molecular weight excluding hydrogens is 573 g/mol. The number of carbonyl (C=O) groups excluding carboxylic acids is 1. The van der Waals surface area contributed by atoms with Crippen LogP contribution in [0.2, 0.25) is 15.1 Å². The number of amides is 1. The zero-order chi connectivity index (χ0) is 26.5. The minimum atomic E-state index is -5.46. The summed E-state index contributed by atoms with van der Waals surface area (Å²) in [6.07, 6.45) is -10.5. The van der Waals surface area contributed by atoms with Crippen LogP contribution >= 0.6 is 34.8 Å². The second-order valence-electron chi connectivity index (χ2n) is 6.79. The predicted octanol–water partition coefficient (Wildman–Crippen LogP) is 5.69. The van der Waals surface area contributed by atoms with E-state index in [2.05, 4.69) is 10.3 Å². The van der Waals surface area contributed by atoms with Gasteiger partial charge in [-0.05, 0) is 37.3 Å². The van der Waals surface area contributed by atoms with Gasteiger partial charge in [0, 0.05) is 0 Å². The number of carbonyl (C=O) groups is 1. The molecule has 0 fully saturated rings. The fourth-order valence-corrected chi connectivity index (χ4v) is 4.65. The van der Waals surface area contributed by atoms with Crippen molar-refractivity contribution in [1.29, 1.82) is 0 Å². The molecule has 2 aromatic carbocycles. The zero-order valence-corrected chi connectivity index (χ0v) is 19.8. The van der Waals surface area contributed by atoms with Crippen molar-refractivity contribution in [3.8, 4) is 5.69 Å². The van der Waals surface area contributed by atoms with Crippen molar-refractivity contribution in [2.45, 2.75) is 24.2 Å². The first-order chi connectivity index (χ1) is 15.9. The lowest BCUT2D eigenvalue weighted by Crippen LogP contribution is -2.33. The van der Waals surface area contributed by atoms with Crippen LogP contribution in [0.3, 0.4) is 0 Å². The Balaban J connectivity index is 2.04. The number of nitrogens with zero attached hydrogens (tertiary/aromatic N) is 3. The van der Waals surface area contributed by atoms with Gasteiger partial charge >= 0.3 is 12.4 Å². The van der Waals surface area contributed by atoms with E-state index >= 15 is 0 Å². The van der Waals surface area contributed by atoms with E-state index in [-0.39, 0.29) is 44.6 Å². The Morgan fingerprint density at radius 2 is 1.54 bits per heavy atom. The molecule has 1 aromatic heterocycles. The van der Waals surface area contributed by atoms with Gasteiger partial charge in [-0.15, -0.1) is 5.10 Å². The Morgan fingerprint density at radius 3 is 2.11 bits per heavy atom. The Labute approximate surface area is 207 Å². The molecule has 3 aromatic rings. The molecule has 0 aliphatic heterocycles. The Morgan fingerprint density at radius 1 is 0.943 bits per heavy atom. The number of sulfonamides is 1. The van der Waals surface area contributed by atoms with Crippen LogP contribution in [-0.2, 0) is 22.4 Å². The van der Waals surface area contributed by atoms with Crippen LogP contribution in [0.5, 0.6) is 0 Å². The number of benzene rings is 2. The first-order valence-electron chi connectivity index (χ1n) is 8.86. The summed E-state index contributed by atoms with van der Waals surface area (Å²) in [5.41, 5.74) is -4.30. The summed E-state index contributed by atoms with van der Waals surface area (Å²) in [6, 6.07) is 2.30. The minimum absolute atomic E-state index is 0.00534. The fourth-order valence-electron chi connectivity index (χ4n) is 2.82. The fraction of sp³-hybridized carbons (Fsp3) is 0.167. The van der Waals surface area contributed by atoms with Gasteiger partial charge in [-0.3, -0.25) is 4.79 Å². The quantitative estimate of drug-likeness (QED) is 0.316. The molecule has 1 N–H and O–H groups in total. The molecule has 1 heterocycles. The second-order valence-corrected chi connectivity index (χ2v) is 9.67. The van der Waals surface area contributed by atoms with Gasteiger partial charge in [0.15, 0.2) is 5.69 Å². The van der Waals surface area contributed by atoms with Crippen molar-refractivity contribution in [3.05, 3.63) is 67.9 Å². The summed E-state index contributed by atoms with van der Waals surface area (Å²) in [6.45, 7) is 1.24. The molecule has 35 heavy (non-hydrogen) atoms. The average molecular weight is 582 g/mol. The van der Waals surface area contributed by atoms with Crippen molar-refractivity contribution >= 4 is 50.7 Å². The van der Waals surface area contributed by atoms with E-state index in [1.165, 1.54) is 23.8 Å². The molecule has 17 heteroatoms. The molecule has 0 saturated heterocycles. The third-order valence-electron chi connectivity index (χ3n) is 4.46. The topological polar surface area (TPSA) is 93.9 Å². The van der Waals surface area contributed by atoms with Crippen molar-refractivity contribution in [2.75, 3.05) is 0 Å². The maximum Gasteiger partial charge on any atom is 0.417 e. The third kappa shape index (κ3) is 5.50. The third-order valence-corrected chi connectivity index (χ3v) is 6.85. The molecule has 7 nitrogen and oxygen atoms in total. The highest BCUT2D eigenvalue weighted by Gasteiger charge is 2.41. The molecule has 0 bridgehead atoms. The van der Waals surface area contributed by atoms with Gasteiger partial charge in [0.2, 0.25) is 0 Å². The molecule has 0 saturated carbocycles. The van der Waals surface area contributed by atoms with Crippen molar-refractivity contribution in [1.82, 2.24) is 19.7 Å². The summed E-state index contributed by atoms with van der Waals surface area (Å²) >= 11 is 17.8. The van der Waals surface area contributed by atoms with E-state index in [0.29, 0.717) is 0 Å². The van der Waals surface area contributed by atoms with Gasteiger partial charge in [-0.1, -0.05) is 40.0 Å². The standard InChI is InChI=1S/C18H9Cl3F6N4O3S/c1-7-15(28-30-31(7)13-6-11(20)10(19)5-12(13)21)16(32)29-35(33,34)14-4-8(17(22,23)24)2-3-9(14)18(25,26)27/h2-6H,1H3,(H,29,32). The summed E-state index contributed by atoms with van der Waals surface area (Å²) < 4.78 is 106. The molecule has 1 amide bonds. The number of alkyl halides is 6.